The molecule has 1 heterocycles. The van der Waals surface area contributed by atoms with Crippen LogP contribution in [-0.2, 0) is 35.6 Å². The first kappa shape index (κ1) is 27.1. The summed E-state index contributed by atoms with van der Waals surface area (Å²) in [5, 5.41) is 0. The summed E-state index contributed by atoms with van der Waals surface area (Å²) in [4.78, 5) is 12.7. The highest BCUT2D eigenvalue weighted by atomic mass is 16.6. The summed E-state index contributed by atoms with van der Waals surface area (Å²) in [5.41, 5.74) is 4.24. The van der Waals surface area contributed by atoms with Gasteiger partial charge in [0.2, 0.25) is 0 Å². The van der Waals surface area contributed by atoms with E-state index < -0.39 is 0 Å². The van der Waals surface area contributed by atoms with E-state index in [1.807, 2.05) is 97.1 Å². The maximum absolute atomic E-state index is 12.7. The van der Waals surface area contributed by atoms with Crippen molar-refractivity contribution >= 4 is 5.97 Å². The van der Waals surface area contributed by atoms with Crippen LogP contribution in [0.25, 0.3) is 0 Å². The summed E-state index contributed by atoms with van der Waals surface area (Å²) >= 11 is 0. The second-order valence-corrected chi connectivity index (χ2v) is 9.92. The molecule has 6 nitrogen and oxygen atoms in total. The molecule has 6 heteroatoms. The van der Waals surface area contributed by atoms with Crippen LogP contribution in [0.1, 0.15) is 22.3 Å². The monoisotopic (exact) mass is 541 g/mol. The van der Waals surface area contributed by atoms with E-state index >= 15 is 0 Å². The third-order valence-electron chi connectivity index (χ3n) is 7.20. The Kier molecular flexibility index (Phi) is 8.86. The Bertz CT molecular complexity index is 1400. The van der Waals surface area contributed by atoms with Gasteiger partial charge >= 0.3 is 5.97 Å². The molecule has 206 valence electrons. The van der Waals surface area contributed by atoms with Crippen molar-refractivity contribution in [3.8, 4) is 23.0 Å². The first-order chi connectivity index (χ1) is 19.6. The van der Waals surface area contributed by atoms with Crippen LogP contribution in [0.3, 0.4) is 0 Å². The number of methoxy groups -OCH3 is 2. The van der Waals surface area contributed by atoms with E-state index in [0.717, 1.165) is 22.3 Å². The fourth-order valence-electron chi connectivity index (χ4n) is 5.00. The summed E-state index contributed by atoms with van der Waals surface area (Å²) in [6.07, 6.45) is 1.26. The topological polar surface area (TPSA) is 63.2 Å². The molecule has 1 fully saturated rings. The Morgan fingerprint density at radius 3 is 1.62 bits per heavy atom. The van der Waals surface area contributed by atoms with Gasteiger partial charge in [-0.05, 0) is 59.4 Å². The van der Waals surface area contributed by atoms with Gasteiger partial charge in [-0.25, -0.2) is 0 Å². The van der Waals surface area contributed by atoms with E-state index in [1.54, 1.807) is 14.2 Å². The molecule has 4 aromatic rings. The molecule has 0 aromatic heterocycles. The number of ether oxygens (including phenoxy) is 5. The van der Waals surface area contributed by atoms with Crippen LogP contribution in [0.4, 0.5) is 0 Å². The second-order valence-electron chi connectivity index (χ2n) is 9.92. The lowest BCUT2D eigenvalue weighted by atomic mass is 10.1. The van der Waals surface area contributed by atoms with Crippen molar-refractivity contribution in [2.45, 2.75) is 26.1 Å². The smallest absolute Gasteiger partial charge is 0.309 e. The molecular formula is C34H34O6. The largest absolute Gasteiger partial charge is 0.493 e. The van der Waals surface area contributed by atoms with Crippen LogP contribution >= 0.6 is 0 Å². The molecule has 1 saturated heterocycles. The minimum Gasteiger partial charge on any atom is -0.493 e. The molecule has 0 N–H and O–H groups in total. The summed E-state index contributed by atoms with van der Waals surface area (Å²) in [5.74, 6) is 2.31. The lowest BCUT2D eigenvalue weighted by molar-refractivity contribution is -0.141. The maximum atomic E-state index is 12.7. The zero-order valence-corrected chi connectivity index (χ0v) is 22.9. The predicted molar refractivity (Wildman–Crippen MR) is 153 cm³/mol. The Labute approximate surface area is 235 Å². The van der Waals surface area contributed by atoms with E-state index in [0.29, 0.717) is 55.7 Å². The third-order valence-corrected chi connectivity index (χ3v) is 7.20. The van der Waals surface area contributed by atoms with Crippen LogP contribution in [0.2, 0.25) is 0 Å². The number of rotatable bonds is 12. The lowest BCUT2D eigenvalue weighted by Gasteiger charge is -2.18. The van der Waals surface area contributed by atoms with Crippen LogP contribution in [0.15, 0.2) is 97.1 Å². The number of benzene rings is 4. The molecule has 2 atom stereocenters. The van der Waals surface area contributed by atoms with Crippen LogP contribution < -0.4 is 18.9 Å². The molecule has 0 radical (unpaired) electrons. The number of carbonyl (C=O) groups excluding carboxylic acids is 1. The van der Waals surface area contributed by atoms with Crippen molar-refractivity contribution in [2.24, 2.45) is 11.8 Å². The normalized spacial score (nSPS) is 16.3. The highest BCUT2D eigenvalue weighted by Gasteiger charge is 2.37. The molecule has 0 aliphatic carbocycles. The first-order valence-corrected chi connectivity index (χ1v) is 13.5. The van der Waals surface area contributed by atoms with Crippen molar-refractivity contribution in [1.82, 2.24) is 0 Å². The van der Waals surface area contributed by atoms with Crippen molar-refractivity contribution in [1.29, 1.82) is 0 Å². The number of carbonyl (C=O) groups is 1. The Balaban J connectivity index is 1.23. The molecule has 0 unspecified atom stereocenters. The van der Waals surface area contributed by atoms with Crippen molar-refractivity contribution < 1.29 is 28.5 Å². The first-order valence-electron chi connectivity index (χ1n) is 13.5. The fraction of sp³-hybridized carbons (Fsp3) is 0.265. The number of cyclic esters (lactones) is 1. The van der Waals surface area contributed by atoms with Gasteiger partial charge in [0.15, 0.2) is 23.0 Å². The Morgan fingerprint density at radius 2 is 1.12 bits per heavy atom. The quantitative estimate of drug-likeness (QED) is 0.152. The highest BCUT2D eigenvalue weighted by molar-refractivity contribution is 5.75. The highest BCUT2D eigenvalue weighted by Crippen LogP contribution is 2.35. The minimum absolute atomic E-state index is 0.0493. The van der Waals surface area contributed by atoms with Gasteiger partial charge < -0.3 is 23.7 Å². The van der Waals surface area contributed by atoms with Gasteiger partial charge in [-0.3, -0.25) is 4.79 Å². The van der Waals surface area contributed by atoms with E-state index in [2.05, 4.69) is 0 Å². The third kappa shape index (κ3) is 6.75. The minimum atomic E-state index is -0.249. The SMILES string of the molecule is COc1cc([13CH2][C@H]2CO[13C](=O)[C@@H]2[13CH2]c2ccc(OCc3ccccc3)c(OC)c2)ccc1OCc1ccccc1. The Hall–Kier alpha value is -4.45. The zero-order valence-electron chi connectivity index (χ0n) is 22.9. The summed E-state index contributed by atoms with van der Waals surface area (Å²) in [7, 11) is 3.27. The number of hydrogen-bond acceptors (Lipinski definition) is 6. The summed E-state index contributed by atoms with van der Waals surface area (Å²) in [6, 6.07) is 31.8. The van der Waals surface area contributed by atoms with Gasteiger partial charge in [0.1, 0.15) is 13.2 Å². The van der Waals surface area contributed by atoms with Gasteiger partial charge in [0.05, 0.1) is 26.7 Å². The molecule has 1 aliphatic heterocycles. The van der Waals surface area contributed by atoms with Gasteiger partial charge in [0, 0.05) is 5.92 Å². The molecule has 5 rings (SSSR count). The molecule has 0 spiro atoms. The van der Waals surface area contributed by atoms with Gasteiger partial charge in [-0.15, -0.1) is 0 Å². The Morgan fingerprint density at radius 1 is 0.625 bits per heavy atom. The van der Waals surface area contributed by atoms with Gasteiger partial charge in [-0.2, -0.15) is 0 Å². The van der Waals surface area contributed by atoms with E-state index in [1.165, 1.54) is 0 Å². The van der Waals surface area contributed by atoms with Crippen molar-refractivity contribution in [3.63, 3.8) is 0 Å². The average molecular weight is 542 g/mol. The molecule has 40 heavy (non-hydrogen) atoms. The molecule has 0 amide bonds. The molecule has 4 aromatic carbocycles. The molecule has 0 bridgehead atoms. The predicted octanol–water partition coefficient (Wildman–Crippen LogP) is 6.44. The fourth-order valence-corrected chi connectivity index (χ4v) is 5.00. The van der Waals surface area contributed by atoms with Crippen LogP contribution in [0.5, 0.6) is 23.0 Å². The molecule has 0 saturated carbocycles. The number of hydrogen-bond donors (Lipinski definition) is 0. The van der Waals surface area contributed by atoms with E-state index in [4.69, 9.17) is 23.7 Å². The van der Waals surface area contributed by atoms with Crippen molar-refractivity contribution in [3.05, 3.63) is 119 Å². The average Bonchev–Trinajstić information content (AvgIpc) is 3.34. The second kappa shape index (κ2) is 13.1. The molecule has 1 aliphatic rings. The number of esters is 1. The van der Waals surface area contributed by atoms with Gasteiger partial charge in [-0.1, -0.05) is 72.8 Å². The molecular weight excluding hydrogens is 507 g/mol. The zero-order chi connectivity index (χ0) is 27.7. The lowest BCUT2D eigenvalue weighted by Crippen LogP contribution is -2.20. The summed E-state index contributed by atoms with van der Waals surface area (Å²) in [6.45, 7) is 1.31. The summed E-state index contributed by atoms with van der Waals surface area (Å²) < 4.78 is 28.7. The van der Waals surface area contributed by atoms with Crippen LogP contribution in [0, 0.1) is 11.8 Å². The van der Waals surface area contributed by atoms with Gasteiger partial charge in [0.25, 0.3) is 0 Å². The standard InChI is InChI=1S/C34H34O6/c1-36-32-19-26(13-15-30(32)38-21-24-9-5-3-6-10-24)17-28-23-40-34(35)29(28)18-27-14-16-31(33(20-27)37-2)39-22-25-11-7-4-8-12-25/h3-16,19-20,28-29H,17-18,21-23H2,1-2H3/t28-,29+/m0/s1/i17+1,18+1,34+1. The van der Waals surface area contributed by atoms with E-state index in [-0.39, 0.29) is 17.8 Å². The van der Waals surface area contributed by atoms with Crippen LogP contribution in [-0.4, -0.2) is 26.8 Å². The maximum Gasteiger partial charge on any atom is 0.309 e. The van der Waals surface area contributed by atoms with E-state index in [9.17, 15) is 4.79 Å². The van der Waals surface area contributed by atoms with Crippen molar-refractivity contribution in [2.75, 3.05) is 20.8 Å².